The van der Waals surface area contributed by atoms with Crippen molar-refractivity contribution in [1.82, 2.24) is 5.32 Å². The number of nitrogens with one attached hydrogen (secondary N) is 1. The molecule has 1 aromatic rings. The van der Waals surface area contributed by atoms with Crippen LogP contribution in [0.1, 0.15) is 19.4 Å². The Kier molecular flexibility index (Phi) is 4.56. The topological polar surface area (TPSA) is 21.3 Å². The van der Waals surface area contributed by atoms with E-state index in [9.17, 15) is 4.39 Å². The molecule has 0 fully saturated rings. The van der Waals surface area contributed by atoms with Crippen LogP contribution < -0.4 is 10.1 Å². The van der Waals surface area contributed by atoms with Crippen molar-refractivity contribution >= 4 is 0 Å². The largest absolute Gasteiger partial charge is 0.492 e. The van der Waals surface area contributed by atoms with Crippen LogP contribution in [0.5, 0.6) is 5.75 Å². The monoisotopic (exact) mass is 211 g/mol. The zero-order chi connectivity index (χ0) is 11.3. The van der Waals surface area contributed by atoms with Gasteiger partial charge in [0.2, 0.25) is 0 Å². The van der Waals surface area contributed by atoms with Crippen LogP contribution in [0.3, 0.4) is 0 Å². The fraction of sp³-hybridized carbons (Fsp3) is 0.500. The van der Waals surface area contributed by atoms with Crippen LogP contribution in [0.25, 0.3) is 0 Å². The predicted octanol–water partition coefficient (Wildman–Crippen LogP) is 2.51. The molecule has 0 aliphatic heterocycles. The zero-order valence-electron chi connectivity index (χ0n) is 9.51. The molecule has 0 saturated carbocycles. The van der Waals surface area contributed by atoms with Crippen LogP contribution in [0, 0.1) is 12.7 Å². The molecule has 3 heteroatoms. The highest BCUT2D eigenvalue weighted by molar-refractivity contribution is 5.28. The Morgan fingerprint density at radius 2 is 2.20 bits per heavy atom. The lowest BCUT2D eigenvalue weighted by Gasteiger charge is -2.13. The normalized spacial score (nSPS) is 12.5. The van der Waals surface area contributed by atoms with Crippen molar-refractivity contribution in [3.8, 4) is 5.75 Å². The summed E-state index contributed by atoms with van der Waals surface area (Å²) >= 11 is 0. The van der Waals surface area contributed by atoms with E-state index < -0.39 is 0 Å². The first-order chi connectivity index (χ1) is 7.13. The molecule has 0 spiro atoms. The molecule has 0 heterocycles. The van der Waals surface area contributed by atoms with Gasteiger partial charge < -0.3 is 10.1 Å². The van der Waals surface area contributed by atoms with Crippen molar-refractivity contribution in [2.45, 2.75) is 26.8 Å². The molecule has 2 nitrogen and oxygen atoms in total. The second-order valence-electron chi connectivity index (χ2n) is 3.68. The number of hydrogen-bond acceptors (Lipinski definition) is 2. The van der Waals surface area contributed by atoms with Gasteiger partial charge in [0.1, 0.15) is 18.2 Å². The fourth-order valence-corrected chi connectivity index (χ4v) is 1.34. The maximum absolute atomic E-state index is 13.0. The number of ether oxygens (including phenoxy) is 1. The number of rotatable bonds is 5. The third-order valence-corrected chi connectivity index (χ3v) is 2.18. The average molecular weight is 211 g/mol. The lowest BCUT2D eigenvalue weighted by Crippen LogP contribution is -2.31. The van der Waals surface area contributed by atoms with Crippen LogP contribution in [-0.4, -0.2) is 19.2 Å². The summed E-state index contributed by atoms with van der Waals surface area (Å²) in [5.41, 5.74) is 0.614. The number of aryl methyl sites for hydroxylation is 1. The first-order valence-electron chi connectivity index (χ1n) is 5.25. The molecule has 84 valence electrons. The summed E-state index contributed by atoms with van der Waals surface area (Å²) < 4.78 is 18.5. The number of hydrogen-bond donors (Lipinski definition) is 1. The van der Waals surface area contributed by atoms with E-state index >= 15 is 0 Å². The van der Waals surface area contributed by atoms with Crippen LogP contribution in [0.4, 0.5) is 4.39 Å². The van der Waals surface area contributed by atoms with Crippen LogP contribution in [-0.2, 0) is 0 Å². The smallest absolute Gasteiger partial charge is 0.126 e. The van der Waals surface area contributed by atoms with Gasteiger partial charge >= 0.3 is 0 Å². The molecule has 0 amide bonds. The standard InChI is InChI=1S/C12H18FNO/c1-4-14-10(3)8-15-11-5-6-12(13)9(2)7-11/h5-7,10,14H,4,8H2,1-3H3. The highest BCUT2D eigenvalue weighted by atomic mass is 19.1. The molecule has 1 rings (SSSR count). The van der Waals surface area contributed by atoms with Crippen molar-refractivity contribution in [3.63, 3.8) is 0 Å². The molecule has 0 aliphatic rings. The quantitative estimate of drug-likeness (QED) is 0.808. The maximum Gasteiger partial charge on any atom is 0.126 e. The van der Waals surface area contributed by atoms with Gasteiger partial charge in [0.05, 0.1) is 0 Å². The predicted molar refractivity (Wildman–Crippen MR) is 59.8 cm³/mol. The van der Waals surface area contributed by atoms with Gasteiger partial charge in [-0.2, -0.15) is 0 Å². The molecule has 1 N–H and O–H groups in total. The second kappa shape index (κ2) is 5.71. The SMILES string of the molecule is CCNC(C)COc1ccc(F)c(C)c1. The third-order valence-electron chi connectivity index (χ3n) is 2.18. The van der Waals surface area contributed by atoms with Crippen molar-refractivity contribution in [3.05, 3.63) is 29.6 Å². The Balaban J connectivity index is 2.47. The van der Waals surface area contributed by atoms with Gasteiger partial charge in [0.15, 0.2) is 0 Å². The van der Waals surface area contributed by atoms with Crippen LogP contribution in [0.2, 0.25) is 0 Å². The highest BCUT2D eigenvalue weighted by Crippen LogP contribution is 2.15. The van der Waals surface area contributed by atoms with Crippen LogP contribution in [0.15, 0.2) is 18.2 Å². The first-order valence-corrected chi connectivity index (χ1v) is 5.25. The van der Waals surface area contributed by atoms with E-state index in [1.807, 2.05) is 0 Å². The Morgan fingerprint density at radius 3 is 2.80 bits per heavy atom. The summed E-state index contributed by atoms with van der Waals surface area (Å²) in [6.45, 7) is 7.36. The van der Waals surface area contributed by atoms with E-state index in [-0.39, 0.29) is 5.82 Å². The Bertz CT molecular complexity index is 314. The summed E-state index contributed by atoms with van der Waals surface area (Å²) in [4.78, 5) is 0. The highest BCUT2D eigenvalue weighted by Gasteiger charge is 2.03. The van der Waals surface area contributed by atoms with Gasteiger partial charge in [0, 0.05) is 6.04 Å². The number of benzene rings is 1. The number of likely N-dealkylation sites (N-methyl/N-ethyl adjacent to an activating group) is 1. The molecule has 1 unspecified atom stereocenters. The van der Waals surface area contributed by atoms with Gasteiger partial charge in [-0.3, -0.25) is 0 Å². The zero-order valence-corrected chi connectivity index (χ0v) is 9.51. The van der Waals surface area contributed by atoms with Crippen molar-refractivity contribution in [2.75, 3.05) is 13.2 Å². The van der Waals surface area contributed by atoms with E-state index in [2.05, 4.69) is 19.2 Å². The fourth-order valence-electron chi connectivity index (χ4n) is 1.34. The van der Waals surface area contributed by atoms with E-state index in [0.717, 1.165) is 12.3 Å². The maximum atomic E-state index is 13.0. The second-order valence-corrected chi connectivity index (χ2v) is 3.68. The van der Waals surface area contributed by atoms with E-state index in [0.29, 0.717) is 18.2 Å². The summed E-state index contributed by atoms with van der Waals surface area (Å²) in [5, 5.41) is 3.24. The van der Waals surface area contributed by atoms with E-state index in [1.54, 1.807) is 19.1 Å². The van der Waals surface area contributed by atoms with E-state index in [1.165, 1.54) is 6.07 Å². The Morgan fingerprint density at radius 1 is 1.47 bits per heavy atom. The molecule has 0 radical (unpaired) electrons. The Labute approximate surface area is 90.4 Å². The first kappa shape index (κ1) is 12.0. The van der Waals surface area contributed by atoms with Gasteiger partial charge in [-0.05, 0) is 44.2 Å². The van der Waals surface area contributed by atoms with E-state index in [4.69, 9.17) is 4.74 Å². The molecule has 0 aliphatic carbocycles. The summed E-state index contributed by atoms with van der Waals surface area (Å²) in [6.07, 6.45) is 0. The molecule has 0 bridgehead atoms. The Hall–Kier alpha value is -1.09. The van der Waals surface area contributed by atoms with Crippen molar-refractivity contribution in [2.24, 2.45) is 0 Å². The van der Waals surface area contributed by atoms with Gasteiger partial charge in [-0.15, -0.1) is 0 Å². The van der Waals surface area contributed by atoms with Gasteiger partial charge in [-0.1, -0.05) is 6.92 Å². The molecule has 0 saturated heterocycles. The summed E-state index contributed by atoms with van der Waals surface area (Å²) in [5.74, 6) is 0.528. The minimum Gasteiger partial charge on any atom is -0.492 e. The molecule has 1 atom stereocenters. The summed E-state index contributed by atoms with van der Waals surface area (Å²) in [6, 6.07) is 5.11. The van der Waals surface area contributed by atoms with Gasteiger partial charge in [0.25, 0.3) is 0 Å². The molecule has 15 heavy (non-hydrogen) atoms. The lowest BCUT2D eigenvalue weighted by molar-refractivity contribution is 0.275. The minimum atomic E-state index is -0.193. The average Bonchev–Trinajstić information content (AvgIpc) is 2.20. The molecule has 1 aromatic carbocycles. The molecule has 0 aromatic heterocycles. The number of halogens is 1. The van der Waals surface area contributed by atoms with Crippen molar-refractivity contribution < 1.29 is 9.13 Å². The lowest BCUT2D eigenvalue weighted by atomic mass is 10.2. The summed E-state index contributed by atoms with van der Waals surface area (Å²) in [7, 11) is 0. The van der Waals surface area contributed by atoms with Gasteiger partial charge in [-0.25, -0.2) is 4.39 Å². The molecular weight excluding hydrogens is 193 g/mol. The third kappa shape index (κ3) is 3.88. The minimum absolute atomic E-state index is 0.193. The molecular formula is C12H18FNO. The van der Waals surface area contributed by atoms with Crippen LogP contribution >= 0.6 is 0 Å². The van der Waals surface area contributed by atoms with Crippen molar-refractivity contribution in [1.29, 1.82) is 0 Å².